The number of fused-ring (bicyclic) bond motifs is 16. The number of aromatic nitrogens is 2. The first-order valence-corrected chi connectivity index (χ1v) is 29.3. The van der Waals surface area contributed by atoms with Crippen LogP contribution in [0.2, 0.25) is 0 Å². The maximum absolute atomic E-state index is 5.54. The fourth-order valence-corrected chi connectivity index (χ4v) is 14.6. The van der Waals surface area contributed by atoms with E-state index in [0.717, 1.165) is 44.8 Å². The van der Waals surface area contributed by atoms with Gasteiger partial charge >= 0.3 is 0 Å². The number of hydrogen-bond donors (Lipinski definition) is 0. The molecule has 0 fully saturated rings. The van der Waals surface area contributed by atoms with Gasteiger partial charge < -0.3 is 9.80 Å². The molecule has 0 N–H and O–H groups in total. The number of hydrogen-bond acceptors (Lipinski definition) is 4. The molecular weight excluding hydrogens is 1000 g/mol. The van der Waals surface area contributed by atoms with Crippen molar-refractivity contribution in [3.63, 3.8) is 0 Å². The van der Waals surface area contributed by atoms with E-state index in [0.29, 0.717) is 5.82 Å². The van der Waals surface area contributed by atoms with Gasteiger partial charge in [-0.3, -0.25) is 0 Å². The van der Waals surface area contributed by atoms with Crippen LogP contribution in [0, 0.1) is 6.92 Å². The highest BCUT2D eigenvalue weighted by molar-refractivity contribution is 7.00. The van der Waals surface area contributed by atoms with Gasteiger partial charge in [-0.2, -0.15) is 0 Å². The fraction of sp³-hybridized carbons (Fsp3) is 0.128. The molecule has 4 aliphatic rings. The fourth-order valence-electron chi connectivity index (χ4n) is 14.6. The molecule has 1 atom stereocenters. The minimum absolute atomic E-state index is 0.0269. The van der Waals surface area contributed by atoms with Crippen LogP contribution in [0.3, 0.4) is 0 Å². The standard InChI is InChI=1S/C78H61BN4/c1-48-41-71-74-72(42-48)83(53-27-15-10-16-28-53)70-46-63-59(45-66(70)79(74)65-43-52(77(5,6)7)37-40-69(65)82(71)54-38-35-51(36-39-54)76(2,3)4)56-30-19-21-33-61(56)78(63)62-34-22-20-32-58(62)73-57-31-18-17-29-55(57)60(44-64(73)78)75-80-67(49-23-11-8-12-24-49)47-68(81-75)50-25-13-9-14-26-50/h8-47H,1-7H3. The lowest BCUT2D eigenvalue weighted by Gasteiger charge is -2.45. The molecule has 0 bridgehead atoms. The first-order valence-electron chi connectivity index (χ1n) is 29.3. The van der Waals surface area contributed by atoms with E-state index in [1.165, 1.54) is 106 Å². The number of aryl methyl sites for hydroxylation is 1. The smallest absolute Gasteiger partial charge is 0.252 e. The number of para-hydroxylation sites is 1. The molecule has 5 heteroatoms. The maximum atomic E-state index is 5.54. The van der Waals surface area contributed by atoms with Gasteiger partial charge in [-0.1, -0.05) is 224 Å². The Balaban J connectivity index is 1.00. The normalized spacial score (nSPS) is 15.1. The van der Waals surface area contributed by atoms with Crippen LogP contribution in [-0.4, -0.2) is 16.7 Å². The predicted octanol–water partition coefficient (Wildman–Crippen LogP) is 18.0. The molecule has 4 nitrogen and oxygen atoms in total. The molecule has 2 aliphatic heterocycles. The van der Waals surface area contributed by atoms with E-state index < -0.39 is 5.41 Å². The van der Waals surface area contributed by atoms with Crippen LogP contribution in [0.5, 0.6) is 0 Å². The summed E-state index contributed by atoms with van der Waals surface area (Å²) >= 11 is 0. The monoisotopic (exact) mass is 1060 g/mol. The van der Waals surface area contributed by atoms with Crippen molar-refractivity contribution in [1.82, 2.24) is 9.97 Å². The average molecular weight is 1070 g/mol. The molecule has 1 spiro atoms. The molecule has 0 radical (unpaired) electrons. The van der Waals surface area contributed by atoms with Crippen molar-refractivity contribution in [2.24, 2.45) is 0 Å². The van der Waals surface area contributed by atoms with Gasteiger partial charge in [0.05, 0.1) is 16.8 Å². The molecule has 3 heterocycles. The summed E-state index contributed by atoms with van der Waals surface area (Å²) in [5.41, 5.74) is 29.3. The van der Waals surface area contributed by atoms with E-state index in [-0.39, 0.29) is 17.5 Å². The van der Waals surface area contributed by atoms with Gasteiger partial charge in [-0.25, -0.2) is 9.97 Å². The van der Waals surface area contributed by atoms with E-state index in [4.69, 9.17) is 9.97 Å². The highest BCUT2D eigenvalue weighted by Crippen LogP contribution is 2.65. The summed E-state index contributed by atoms with van der Waals surface area (Å²) in [6.45, 7) is 16.1. The Hall–Kier alpha value is -9.58. The molecular formula is C78H61BN4. The molecule has 11 aromatic carbocycles. The minimum atomic E-state index is -0.703. The topological polar surface area (TPSA) is 32.3 Å². The van der Waals surface area contributed by atoms with E-state index in [1.54, 1.807) is 0 Å². The number of rotatable bonds is 5. The Bertz CT molecular complexity index is 4590. The van der Waals surface area contributed by atoms with Crippen molar-refractivity contribution in [2.45, 2.75) is 64.7 Å². The van der Waals surface area contributed by atoms with E-state index in [2.05, 4.69) is 301 Å². The second-order valence-electron chi connectivity index (χ2n) is 25.4. The Labute approximate surface area is 487 Å². The molecule has 0 saturated carbocycles. The molecule has 0 saturated heterocycles. The van der Waals surface area contributed by atoms with E-state index in [1.807, 2.05) is 0 Å². The molecule has 396 valence electrons. The van der Waals surface area contributed by atoms with Gasteiger partial charge in [0.25, 0.3) is 6.71 Å². The van der Waals surface area contributed by atoms with Gasteiger partial charge in [-0.15, -0.1) is 0 Å². The van der Waals surface area contributed by atoms with Crippen LogP contribution < -0.4 is 26.2 Å². The van der Waals surface area contributed by atoms with Crippen LogP contribution in [0.15, 0.2) is 243 Å². The number of anilines is 6. The average Bonchev–Trinajstić information content (AvgIpc) is 1.83. The van der Waals surface area contributed by atoms with Gasteiger partial charge in [0, 0.05) is 50.8 Å². The SMILES string of the molecule is Cc1cc2c3c(c1)N(c1ccccc1)c1cc4c(cc1B3c1cc(C(C)(C)C)ccc1N2c1ccc(C(C)(C)C)cc1)-c1ccccc1C41c2ccccc2-c2c1cc(-c1nc(-c3ccccc3)cc(-c3ccccc3)n1)c1ccccc21. The summed E-state index contributed by atoms with van der Waals surface area (Å²) in [7, 11) is 0. The molecule has 16 rings (SSSR count). The number of nitrogens with zero attached hydrogens (tertiary/aromatic N) is 4. The summed E-state index contributed by atoms with van der Waals surface area (Å²) < 4.78 is 0. The number of benzene rings is 11. The third-order valence-electron chi connectivity index (χ3n) is 18.4. The lowest BCUT2D eigenvalue weighted by Crippen LogP contribution is -2.61. The summed E-state index contributed by atoms with van der Waals surface area (Å²) in [4.78, 5) is 16.2. The highest BCUT2D eigenvalue weighted by Gasteiger charge is 2.54. The van der Waals surface area contributed by atoms with E-state index in [9.17, 15) is 0 Å². The Morgan fingerprint density at radius 1 is 0.373 bits per heavy atom. The summed E-state index contributed by atoms with van der Waals surface area (Å²) in [6.07, 6.45) is 0. The Morgan fingerprint density at radius 3 is 1.53 bits per heavy atom. The lowest BCUT2D eigenvalue weighted by molar-refractivity contribution is 0.590. The van der Waals surface area contributed by atoms with Crippen molar-refractivity contribution >= 4 is 68.0 Å². The molecule has 1 unspecified atom stereocenters. The molecule has 83 heavy (non-hydrogen) atoms. The van der Waals surface area contributed by atoms with Crippen molar-refractivity contribution in [3.05, 3.63) is 282 Å². The minimum Gasteiger partial charge on any atom is -0.311 e. The Morgan fingerprint density at radius 2 is 0.892 bits per heavy atom. The third-order valence-corrected chi connectivity index (χ3v) is 18.4. The van der Waals surface area contributed by atoms with Crippen molar-refractivity contribution in [1.29, 1.82) is 0 Å². The van der Waals surface area contributed by atoms with Crippen molar-refractivity contribution < 1.29 is 0 Å². The van der Waals surface area contributed by atoms with E-state index >= 15 is 0 Å². The van der Waals surface area contributed by atoms with Gasteiger partial charge in [-0.05, 0) is 167 Å². The molecule has 2 aliphatic carbocycles. The predicted molar refractivity (Wildman–Crippen MR) is 348 cm³/mol. The third kappa shape index (κ3) is 7.26. The summed E-state index contributed by atoms with van der Waals surface area (Å²) in [5, 5.41) is 2.32. The zero-order chi connectivity index (χ0) is 56.1. The van der Waals surface area contributed by atoms with Crippen LogP contribution in [0.4, 0.5) is 34.1 Å². The van der Waals surface area contributed by atoms with Gasteiger partial charge in [0.2, 0.25) is 0 Å². The first-order chi connectivity index (χ1) is 40.3. The second-order valence-corrected chi connectivity index (χ2v) is 25.4. The Kier molecular flexibility index (Phi) is 10.7. The summed E-state index contributed by atoms with van der Waals surface area (Å²) in [5.74, 6) is 0.704. The van der Waals surface area contributed by atoms with Crippen LogP contribution in [0.25, 0.3) is 66.9 Å². The van der Waals surface area contributed by atoms with Crippen LogP contribution >= 0.6 is 0 Å². The van der Waals surface area contributed by atoms with Crippen LogP contribution in [-0.2, 0) is 16.2 Å². The molecule has 0 amide bonds. The van der Waals surface area contributed by atoms with Gasteiger partial charge in [0.15, 0.2) is 5.82 Å². The lowest BCUT2D eigenvalue weighted by atomic mass is 9.33. The first kappa shape index (κ1) is 49.3. The quantitative estimate of drug-likeness (QED) is 0.161. The molecule has 1 aromatic heterocycles. The zero-order valence-electron chi connectivity index (χ0n) is 48.0. The van der Waals surface area contributed by atoms with Gasteiger partial charge in [0.1, 0.15) is 0 Å². The molecule has 12 aromatic rings. The maximum Gasteiger partial charge on any atom is 0.252 e. The summed E-state index contributed by atoms with van der Waals surface area (Å²) in [6, 6.07) is 91.1. The second kappa shape index (κ2) is 18.0. The largest absolute Gasteiger partial charge is 0.311 e. The van der Waals surface area contributed by atoms with Crippen molar-refractivity contribution in [3.8, 4) is 56.2 Å². The highest BCUT2D eigenvalue weighted by atomic mass is 15.2. The zero-order valence-corrected chi connectivity index (χ0v) is 48.0. The van der Waals surface area contributed by atoms with Crippen molar-refractivity contribution in [2.75, 3.05) is 9.80 Å². The van der Waals surface area contributed by atoms with Crippen LogP contribution in [0.1, 0.15) is 80.5 Å².